The lowest BCUT2D eigenvalue weighted by atomic mass is 10.0. The molecule has 0 fully saturated rings. The number of rotatable bonds is 6. The van der Waals surface area contributed by atoms with E-state index in [2.05, 4.69) is 15.3 Å². The smallest absolute Gasteiger partial charge is 0.265 e. The van der Waals surface area contributed by atoms with Gasteiger partial charge in [-0.25, -0.2) is 14.3 Å². The largest absolute Gasteiger partial charge is 0.482 e. The maximum absolute atomic E-state index is 12.7. The molecule has 0 radical (unpaired) electrons. The van der Waals surface area contributed by atoms with Crippen molar-refractivity contribution in [2.24, 2.45) is 5.14 Å². The van der Waals surface area contributed by atoms with Gasteiger partial charge in [-0.3, -0.25) is 14.7 Å². The predicted molar refractivity (Wildman–Crippen MR) is 131 cm³/mol. The first-order valence-electron chi connectivity index (χ1n) is 10.5. The van der Waals surface area contributed by atoms with Gasteiger partial charge in [-0.2, -0.15) is 0 Å². The molecule has 2 aromatic carbocycles. The minimum atomic E-state index is -1.56. The van der Waals surface area contributed by atoms with Crippen molar-refractivity contribution in [2.45, 2.75) is 11.4 Å². The first-order chi connectivity index (χ1) is 16.6. The summed E-state index contributed by atoms with van der Waals surface area (Å²) < 4.78 is 17.2. The SMILES string of the molecule is NS(=O)c1cccc(Nc2cc(-c3ccc4c(c3)N(Cc3ccccn3)C(=O)CO4)ccn2)c1. The molecule has 8 nitrogen and oxygen atoms in total. The van der Waals surface area contributed by atoms with Crippen molar-refractivity contribution in [2.75, 3.05) is 16.8 Å². The Hall–Kier alpha value is -4.08. The Labute approximate surface area is 199 Å². The second-order valence-corrected chi connectivity index (χ2v) is 8.72. The molecule has 0 saturated carbocycles. The fourth-order valence-electron chi connectivity index (χ4n) is 3.73. The van der Waals surface area contributed by atoms with E-state index in [1.165, 1.54) is 0 Å². The van der Waals surface area contributed by atoms with Crippen molar-refractivity contribution in [3.05, 3.63) is 90.9 Å². The number of carbonyl (C=O) groups is 1. The number of benzene rings is 2. The van der Waals surface area contributed by atoms with Gasteiger partial charge < -0.3 is 10.1 Å². The van der Waals surface area contributed by atoms with Gasteiger partial charge in [0, 0.05) is 18.1 Å². The maximum Gasteiger partial charge on any atom is 0.265 e. The molecular weight excluding hydrogens is 450 g/mol. The van der Waals surface area contributed by atoms with Crippen molar-refractivity contribution in [1.29, 1.82) is 0 Å². The van der Waals surface area contributed by atoms with E-state index in [-0.39, 0.29) is 12.5 Å². The molecule has 5 rings (SSSR count). The zero-order valence-electron chi connectivity index (χ0n) is 18.0. The normalized spacial score (nSPS) is 13.7. The Bertz CT molecular complexity index is 1380. The molecule has 170 valence electrons. The molecule has 1 aliphatic rings. The number of pyridine rings is 2. The first-order valence-corrected chi connectivity index (χ1v) is 11.7. The molecule has 4 aromatic rings. The summed E-state index contributed by atoms with van der Waals surface area (Å²) in [5, 5.41) is 8.71. The third kappa shape index (κ3) is 4.66. The average Bonchev–Trinajstić information content (AvgIpc) is 2.86. The lowest BCUT2D eigenvalue weighted by Crippen LogP contribution is -2.38. The Morgan fingerprint density at radius 1 is 0.971 bits per heavy atom. The fourth-order valence-corrected chi connectivity index (χ4v) is 4.19. The summed E-state index contributed by atoms with van der Waals surface area (Å²) in [4.78, 5) is 23.6. The minimum absolute atomic E-state index is 0.00480. The number of hydrogen-bond donors (Lipinski definition) is 2. The molecule has 0 bridgehead atoms. The van der Waals surface area contributed by atoms with Crippen LogP contribution in [0.15, 0.2) is 90.1 Å². The van der Waals surface area contributed by atoms with Crippen LogP contribution in [0, 0.1) is 0 Å². The van der Waals surface area contributed by atoms with Crippen LogP contribution < -0.4 is 20.1 Å². The van der Waals surface area contributed by atoms with Gasteiger partial charge in [-0.15, -0.1) is 0 Å². The quantitative estimate of drug-likeness (QED) is 0.443. The standard InChI is InChI=1S/C25H21N5O3S/c26-34(32)21-6-3-5-19(14-21)29-24-13-18(9-11-28-24)17-7-8-23-22(12-17)30(25(31)16-33-23)15-20-4-1-2-10-27-20/h1-14H,15-16,26H2,(H,28,29). The molecular formula is C25H21N5O3S. The minimum Gasteiger partial charge on any atom is -0.482 e. The van der Waals surface area contributed by atoms with E-state index >= 15 is 0 Å². The lowest BCUT2D eigenvalue weighted by Gasteiger charge is -2.29. The van der Waals surface area contributed by atoms with E-state index in [9.17, 15) is 9.00 Å². The summed E-state index contributed by atoms with van der Waals surface area (Å²) in [5.41, 5.74) is 4.04. The Morgan fingerprint density at radius 3 is 2.68 bits per heavy atom. The first kappa shape index (κ1) is 21.7. The van der Waals surface area contributed by atoms with E-state index in [1.807, 2.05) is 54.6 Å². The van der Waals surface area contributed by atoms with Crippen LogP contribution in [-0.2, 0) is 22.3 Å². The highest BCUT2D eigenvalue weighted by atomic mass is 32.2. The Morgan fingerprint density at radius 2 is 1.85 bits per heavy atom. The van der Waals surface area contributed by atoms with Crippen molar-refractivity contribution in [1.82, 2.24) is 9.97 Å². The van der Waals surface area contributed by atoms with Crippen molar-refractivity contribution < 1.29 is 13.7 Å². The molecule has 0 aliphatic carbocycles. The second-order valence-electron chi connectivity index (χ2n) is 7.65. The van der Waals surface area contributed by atoms with E-state index < -0.39 is 11.0 Å². The molecule has 1 amide bonds. The third-order valence-electron chi connectivity index (χ3n) is 5.38. The summed E-state index contributed by atoms with van der Waals surface area (Å²) in [6, 6.07) is 22.3. The molecule has 2 aromatic heterocycles. The Balaban J connectivity index is 1.44. The number of nitrogens with zero attached hydrogens (tertiary/aromatic N) is 3. The van der Waals surface area contributed by atoms with Crippen molar-refractivity contribution in [3.63, 3.8) is 0 Å². The molecule has 3 N–H and O–H groups in total. The number of nitrogens with two attached hydrogens (primary N) is 1. The highest BCUT2D eigenvalue weighted by Crippen LogP contribution is 2.37. The molecule has 34 heavy (non-hydrogen) atoms. The molecule has 1 atom stereocenters. The number of amides is 1. The molecule has 1 unspecified atom stereocenters. The van der Waals surface area contributed by atoms with E-state index in [4.69, 9.17) is 9.88 Å². The number of fused-ring (bicyclic) bond motifs is 1. The van der Waals surface area contributed by atoms with Gasteiger partial charge in [0.25, 0.3) is 5.91 Å². The number of carbonyl (C=O) groups excluding carboxylic acids is 1. The molecule has 3 heterocycles. The zero-order valence-corrected chi connectivity index (χ0v) is 18.9. The number of anilines is 3. The van der Waals surface area contributed by atoms with Crippen LogP contribution in [-0.4, -0.2) is 26.7 Å². The lowest BCUT2D eigenvalue weighted by molar-refractivity contribution is -0.121. The highest BCUT2D eigenvalue weighted by Gasteiger charge is 2.26. The van der Waals surface area contributed by atoms with Gasteiger partial charge in [0.05, 0.1) is 22.8 Å². The van der Waals surface area contributed by atoms with Crippen LogP contribution in [0.1, 0.15) is 5.69 Å². The molecule has 0 saturated heterocycles. The molecule has 1 aliphatic heterocycles. The number of aromatic nitrogens is 2. The van der Waals surface area contributed by atoms with E-state index in [0.29, 0.717) is 28.7 Å². The summed E-state index contributed by atoms with van der Waals surface area (Å²) >= 11 is 0. The van der Waals surface area contributed by atoms with Crippen LogP contribution in [0.2, 0.25) is 0 Å². The van der Waals surface area contributed by atoms with Crippen LogP contribution in [0.5, 0.6) is 5.75 Å². The topological polar surface area (TPSA) is 110 Å². The summed E-state index contributed by atoms with van der Waals surface area (Å²) in [6.07, 6.45) is 3.42. The average molecular weight is 472 g/mol. The number of nitrogens with one attached hydrogen (secondary N) is 1. The predicted octanol–water partition coefficient (Wildman–Crippen LogP) is 3.79. The van der Waals surface area contributed by atoms with E-state index in [1.54, 1.807) is 35.5 Å². The Kier molecular flexibility index (Phi) is 6.03. The number of hydrogen-bond acceptors (Lipinski definition) is 6. The molecule has 0 spiro atoms. The van der Waals surface area contributed by atoms with Crippen LogP contribution >= 0.6 is 0 Å². The second kappa shape index (κ2) is 9.42. The van der Waals surface area contributed by atoms with Gasteiger partial charge >= 0.3 is 0 Å². The molecule has 9 heteroatoms. The van der Waals surface area contributed by atoms with Crippen LogP contribution in [0.25, 0.3) is 11.1 Å². The maximum atomic E-state index is 12.7. The van der Waals surface area contributed by atoms with Crippen molar-refractivity contribution >= 4 is 34.1 Å². The summed E-state index contributed by atoms with van der Waals surface area (Å²) in [6.45, 7) is 0.358. The summed E-state index contributed by atoms with van der Waals surface area (Å²) in [7, 11) is -1.56. The van der Waals surface area contributed by atoms with Gasteiger partial charge in [-0.05, 0) is 65.7 Å². The third-order valence-corrected chi connectivity index (χ3v) is 6.10. The van der Waals surface area contributed by atoms with E-state index in [0.717, 1.165) is 22.5 Å². The van der Waals surface area contributed by atoms with Crippen molar-refractivity contribution in [3.8, 4) is 16.9 Å². The number of ether oxygens (including phenoxy) is 1. The van der Waals surface area contributed by atoms with Crippen LogP contribution in [0.3, 0.4) is 0 Å². The van der Waals surface area contributed by atoms with Crippen LogP contribution in [0.4, 0.5) is 17.2 Å². The fraction of sp³-hybridized carbons (Fsp3) is 0.0800. The van der Waals surface area contributed by atoms with Gasteiger partial charge in [-0.1, -0.05) is 18.2 Å². The zero-order chi connectivity index (χ0) is 23.5. The highest BCUT2D eigenvalue weighted by molar-refractivity contribution is 7.82. The van der Waals surface area contributed by atoms with Gasteiger partial charge in [0.1, 0.15) is 22.6 Å². The monoisotopic (exact) mass is 471 g/mol. The van der Waals surface area contributed by atoms with Gasteiger partial charge in [0.2, 0.25) is 0 Å². The van der Waals surface area contributed by atoms with Gasteiger partial charge in [0.15, 0.2) is 6.61 Å². The summed E-state index contributed by atoms with van der Waals surface area (Å²) in [5.74, 6) is 1.15.